The van der Waals surface area contributed by atoms with Gasteiger partial charge in [-0.3, -0.25) is 0 Å². The monoisotopic (exact) mass is 465 g/mol. The third-order valence-corrected chi connectivity index (χ3v) is 6.13. The number of fused-ring (bicyclic) bond motifs is 1. The molecule has 2 heterocycles. The van der Waals surface area contributed by atoms with Crippen LogP contribution < -0.4 is 4.31 Å². The molecule has 2 aromatic heterocycles. The van der Waals surface area contributed by atoms with E-state index in [1.807, 2.05) is 0 Å². The molecule has 0 aliphatic rings. The molecule has 6 nitrogen and oxygen atoms in total. The Morgan fingerprint density at radius 1 is 1.31 bits per heavy atom. The highest BCUT2D eigenvalue weighted by Crippen LogP contribution is 2.32. The fraction of sp³-hybridized carbons (Fsp3) is 0.133. The van der Waals surface area contributed by atoms with Crippen molar-refractivity contribution in [2.45, 2.75) is 4.90 Å². The van der Waals surface area contributed by atoms with Gasteiger partial charge in [0.25, 0.3) is 10.0 Å². The van der Waals surface area contributed by atoms with Gasteiger partial charge in [-0.2, -0.15) is 0 Å². The first-order valence-corrected chi connectivity index (χ1v) is 9.66. The second-order valence-corrected chi connectivity index (χ2v) is 8.24. The molecular formula is C15H11BrClF2N3O3S. The van der Waals surface area contributed by atoms with Gasteiger partial charge in [-0.15, -0.1) is 0 Å². The van der Waals surface area contributed by atoms with Crippen molar-refractivity contribution in [2.75, 3.05) is 18.1 Å². The van der Waals surface area contributed by atoms with Crippen molar-refractivity contribution in [3.05, 3.63) is 51.7 Å². The summed E-state index contributed by atoms with van der Waals surface area (Å²) in [4.78, 5) is 6.52. The second-order valence-electron chi connectivity index (χ2n) is 5.17. The molecule has 26 heavy (non-hydrogen) atoms. The number of sulfonamides is 1. The quantitative estimate of drug-likeness (QED) is 0.350. The minimum Gasteiger partial charge on any atom is -0.363 e. The lowest BCUT2D eigenvalue weighted by Gasteiger charge is -2.23. The average Bonchev–Trinajstić information content (AvgIpc) is 3.00. The Morgan fingerprint density at radius 2 is 2.04 bits per heavy atom. The fourth-order valence-corrected chi connectivity index (χ4v) is 4.37. The first-order chi connectivity index (χ1) is 12.3. The summed E-state index contributed by atoms with van der Waals surface area (Å²) in [6, 6.07) is 4.52. The molecule has 0 saturated carbocycles. The lowest BCUT2D eigenvalue weighted by molar-refractivity contribution is 0.209. The molecular weight excluding hydrogens is 456 g/mol. The number of nitrogens with one attached hydrogen (secondary N) is 1. The van der Waals surface area contributed by atoms with Gasteiger partial charge in [0, 0.05) is 24.8 Å². The highest BCUT2D eigenvalue weighted by molar-refractivity contribution is 9.10. The van der Waals surface area contributed by atoms with Crippen LogP contribution in [0.2, 0.25) is 5.15 Å². The fourth-order valence-electron chi connectivity index (χ4n) is 2.38. The smallest absolute Gasteiger partial charge is 0.268 e. The average molecular weight is 467 g/mol. The molecule has 3 aromatic rings. The molecule has 0 saturated heterocycles. The Morgan fingerprint density at radius 3 is 2.73 bits per heavy atom. The molecule has 3 rings (SSSR count). The van der Waals surface area contributed by atoms with Crippen molar-refractivity contribution < 1.29 is 21.9 Å². The number of methoxy groups -OCH3 is 1. The van der Waals surface area contributed by atoms with Crippen LogP contribution in [0.3, 0.4) is 0 Å². The van der Waals surface area contributed by atoms with Crippen molar-refractivity contribution >= 4 is 54.3 Å². The summed E-state index contributed by atoms with van der Waals surface area (Å²) in [5, 5.41) is 0.437. The molecule has 0 spiro atoms. The van der Waals surface area contributed by atoms with Crippen LogP contribution in [0, 0.1) is 11.6 Å². The first kappa shape index (κ1) is 19.0. The van der Waals surface area contributed by atoms with E-state index in [-0.39, 0.29) is 25.6 Å². The maximum absolute atomic E-state index is 14.3. The molecule has 138 valence electrons. The summed E-state index contributed by atoms with van der Waals surface area (Å²) in [5.41, 5.74) is -0.236. The van der Waals surface area contributed by atoms with Crippen molar-refractivity contribution in [3.63, 3.8) is 0 Å². The van der Waals surface area contributed by atoms with Crippen molar-refractivity contribution in [1.29, 1.82) is 0 Å². The van der Waals surface area contributed by atoms with Crippen LogP contribution in [0.4, 0.5) is 14.5 Å². The number of ether oxygens (including phenoxy) is 1. The predicted molar refractivity (Wildman–Crippen MR) is 96.7 cm³/mol. The van der Waals surface area contributed by atoms with Gasteiger partial charge >= 0.3 is 0 Å². The molecule has 0 bridgehead atoms. The maximum atomic E-state index is 14.3. The van der Waals surface area contributed by atoms with E-state index < -0.39 is 34.1 Å². The van der Waals surface area contributed by atoms with Crippen LogP contribution in [-0.4, -0.2) is 32.2 Å². The normalized spacial score (nSPS) is 11.9. The summed E-state index contributed by atoms with van der Waals surface area (Å²) in [7, 11) is -3.05. The zero-order valence-corrected chi connectivity index (χ0v) is 16.3. The lowest BCUT2D eigenvalue weighted by Crippen LogP contribution is -2.33. The third kappa shape index (κ3) is 3.29. The first-order valence-electron chi connectivity index (χ1n) is 7.05. The number of rotatable bonds is 5. The number of benzene rings is 1. The van der Waals surface area contributed by atoms with E-state index in [1.54, 1.807) is 0 Å². The van der Waals surface area contributed by atoms with E-state index >= 15 is 0 Å². The molecule has 0 aliphatic carbocycles. The SMILES string of the molecule is COCN(c1cc(F)c(Br)cc1F)S(=O)(=O)c1c[nH]c2nc(Cl)ccc12. The lowest BCUT2D eigenvalue weighted by atomic mass is 10.3. The standard InChI is InChI=1S/C15H11BrClF2N3O3S/c1-25-7-22(12-5-10(18)9(16)4-11(12)19)26(23,24)13-6-20-15-8(13)2-3-14(17)21-15/h2-6H,7H2,1H3,(H,20,21). The van der Waals surface area contributed by atoms with E-state index in [2.05, 4.69) is 25.9 Å². The largest absolute Gasteiger partial charge is 0.363 e. The number of aromatic amines is 1. The Kier molecular flexibility index (Phi) is 5.20. The number of halogens is 4. The Hall–Kier alpha value is -1.75. The molecule has 1 aromatic carbocycles. The third-order valence-electron chi connectivity index (χ3n) is 3.54. The molecule has 0 radical (unpaired) electrons. The van der Waals surface area contributed by atoms with Crippen LogP contribution in [0.15, 0.2) is 39.8 Å². The Labute approximate surface area is 160 Å². The maximum Gasteiger partial charge on any atom is 0.268 e. The van der Waals surface area contributed by atoms with E-state index in [4.69, 9.17) is 16.3 Å². The van der Waals surface area contributed by atoms with Gasteiger partial charge in [0.05, 0.1) is 10.2 Å². The summed E-state index contributed by atoms with van der Waals surface area (Å²) in [5.74, 6) is -1.75. The van der Waals surface area contributed by atoms with Crippen LogP contribution in [0.25, 0.3) is 11.0 Å². The number of nitrogens with zero attached hydrogens (tertiary/aromatic N) is 2. The van der Waals surface area contributed by atoms with Crippen LogP contribution in [0.5, 0.6) is 0 Å². The molecule has 11 heteroatoms. The van der Waals surface area contributed by atoms with Crippen LogP contribution >= 0.6 is 27.5 Å². The topological polar surface area (TPSA) is 75.3 Å². The van der Waals surface area contributed by atoms with Gasteiger partial charge in [-0.25, -0.2) is 26.5 Å². The van der Waals surface area contributed by atoms with Crippen molar-refractivity contribution in [2.24, 2.45) is 0 Å². The van der Waals surface area contributed by atoms with Gasteiger partial charge in [0.15, 0.2) is 0 Å². The zero-order valence-electron chi connectivity index (χ0n) is 13.1. The predicted octanol–water partition coefficient (Wildman–Crippen LogP) is 4.06. The van der Waals surface area contributed by atoms with Gasteiger partial charge < -0.3 is 9.72 Å². The molecule has 0 unspecified atom stereocenters. The van der Waals surface area contributed by atoms with Gasteiger partial charge in [-0.05, 0) is 34.1 Å². The number of hydrogen-bond acceptors (Lipinski definition) is 4. The van der Waals surface area contributed by atoms with Gasteiger partial charge in [0.2, 0.25) is 0 Å². The van der Waals surface area contributed by atoms with E-state index in [0.29, 0.717) is 4.31 Å². The summed E-state index contributed by atoms with van der Waals surface area (Å²) >= 11 is 8.65. The number of pyridine rings is 1. The number of hydrogen-bond donors (Lipinski definition) is 1. The Bertz CT molecular complexity index is 1090. The van der Waals surface area contributed by atoms with E-state index in [9.17, 15) is 17.2 Å². The summed E-state index contributed by atoms with van der Waals surface area (Å²) < 4.78 is 59.8. The number of H-pyrrole nitrogens is 1. The minimum atomic E-state index is -4.29. The van der Waals surface area contributed by atoms with Crippen LogP contribution in [0.1, 0.15) is 0 Å². The molecule has 0 amide bonds. The molecule has 0 atom stereocenters. The molecule has 1 N–H and O–H groups in total. The van der Waals surface area contributed by atoms with E-state index in [0.717, 1.165) is 12.1 Å². The Balaban J connectivity index is 2.19. The highest BCUT2D eigenvalue weighted by Gasteiger charge is 2.30. The molecule has 0 aliphatic heterocycles. The van der Waals surface area contributed by atoms with Gasteiger partial charge in [-0.1, -0.05) is 11.6 Å². The number of anilines is 1. The highest BCUT2D eigenvalue weighted by atomic mass is 79.9. The second kappa shape index (κ2) is 7.10. The summed E-state index contributed by atoms with van der Waals surface area (Å²) in [6.45, 7) is -0.520. The number of aromatic nitrogens is 2. The zero-order chi connectivity index (χ0) is 19.1. The molecule has 0 fully saturated rings. The van der Waals surface area contributed by atoms with Crippen molar-refractivity contribution in [1.82, 2.24) is 9.97 Å². The minimum absolute atomic E-state index is 0.126. The van der Waals surface area contributed by atoms with Gasteiger partial charge in [0.1, 0.15) is 34.1 Å². The van der Waals surface area contributed by atoms with Crippen molar-refractivity contribution in [3.8, 4) is 0 Å². The van der Waals surface area contributed by atoms with E-state index in [1.165, 1.54) is 25.4 Å². The summed E-state index contributed by atoms with van der Waals surface area (Å²) in [6.07, 6.45) is 1.21. The van der Waals surface area contributed by atoms with Crippen LogP contribution in [-0.2, 0) is 14.8 Å².